The van der Waals surface area contributed by atoms with E-state index in [1.54, 1.807) is 26.8 Å². The van der Waals surface area contributed by atoms with E-state index in [4.69, 9.17) is 33.7 Å². The first-order valence-electron chi connectivity index (χ1n) is 24.4. The molecule has 2 atom stereocenters. The number of aromatic nitrogens is 4. The molecule has 17 nitrogen and oxygen atoms in total. The molecule has 0 saturated carbocycles. The minimum atomic E-state index is -0.675. The highest BCUT2D eigenvalue weighted by Gasteiger charge is 2.41. The van der Waals surface area contributed by atoms with Crippen molar-refractivity contribution in [1.82, 2.24) is 35.1 Å². The Kier molecular flexibility index (Phi) is 15.8. The number of morpholine rings is 1. The molecule has 7 heterocycles. The number of nitrogens with zero attached hydrogens (tertiary/aromatic N) is 4. The first-order valence-corrected chi connectivity index (χ1v) is 24.4. The third-order valence-corrected chi connectivity index (χ3v) is 12.9. The number of imide groups is 1. The molecular weight excluding hydrogens is 895 g/mol. The highest BCUT2D eigenvalue weighted by molar-refractivity contribution is 6.23. The van der Waals surface area contributed by atoms with Crippen LogP contribution in [0.1, 0.15) is 154 Å². The SMILES string of the molecule is CCC1=C(C)c2cc3[nH]c(cc4nc(c5c6[nH]c(cc1n2)c(C)c6C(=O)N(CCN1CCOCC1)C5=O)[C@@H](CCC(=O)OCCOCCNC(=O)OC(C)(C)C)[C@@H]4C)c(C)c3/C=C/C(=O)OC(C)(C)C. The summed E-state index contributed by atoms with van der Waals surface area (Å²) in [5, 5.41) is 2.63. The van der Waals surface area contributed by atoms with Gasteiger partial charge in [0, 0.05) is 84.9 Å². The molecule has 0 radical (unpaired) electrons. The molecule has 3 aromatic heterocycles. The number of carbonyl (C=O) groups excluding carboxylic acids is 5. The van der Waals surface area contributed by atoms with Gasteiger partial charge in [-0.05, 0) is 122 Å². The number of ether oxygens (including phenoxy) is 5. The van der Waals surface area contributed by atoms with E-state index in [2.05, 4.69) is 27.1 Å². The van der Waals surface area contributed by atoms with Gasteiger partial charge in [-0.25, -0.2) is 14.6 Å². The fraction of sp³-hybridized carbons (Fsp3) is 0.528. The molecule has 7 rings (SSSR count). The first-order chi connectivity index (χ1) is 33.1. The molecule has 0 aromatic carbocycles. The maximum absolute atomic E-state index is 15.2. The van der Waals surface area contributed by atoms with Gasteiger partial charge in [0.2, 0.25) is 0 Å². The van der Waals surface area contributed by atoms with Gasteiger partial charge in [-0.2, -0.15) is 0 Å². The van der Waals surface area contributed by atoms with Gasteiger partial charge in [-0.3, -0.25) is 29.2 Å². The summed E-state index contributed by atoms with van der Waals surface area (Å²) in [6, 6.07) is 5.90. The Bertz CT molecular complexity index is 2760. The van der Waals surface area contributed by atoms with Crippen molar-refractivity contribution in [3.05, 3.63) is 74.9 Å². The second-order valence-corrected chi connectivity index (χ2v) is 20.3. The number of carbonyl (C=O) groups is 5. The van der Waals surface area contributed by atoms with Crippen LogP contribution >= 0.6 is 0 Å². The van der Waals surface area contributed by atoms with Gasteiger partial charge in [0.05, 0.1) is 60.2 Å². The molecule has 0 unspecified atom stereocenters. The molecule has 70 heavy (non-hydrogen) atoms. The van der Waals surface area contributed by atoms with Crippen LogP contribution < -0.4 is 5.32 Å². The van der Waals surface area contributed by atoms with Gasteiger partial charge in [0.1, 0.15) is 17.8 Å². The van der Waals surface area contributed by atoms with Gasteiger partial charge in [0.25, 0.3) is 11.8 Å². The van der Waals surface area contributed by atoms with E-state index in [0.29, 0.717) is 72.8 Å². The van der Waals surface area contributed by atoms with E-state index >= 15 is 4.79 Å². The van der Waals surface area contributed by atoms with Gasteiger partial charge < -0.3 is 39.0 Å². The Labute approximate surface area is 409 Å². The lowest BCUT2D eigenvalue weighted by atomic mass is 9.84. The molecule has 8 bridgehead atoms. The number of hydrogen-bond donors (Lipinski definition) is 3. The Morgan fingerprint density at radius 3 is 2.23 bits per heavy atom. The van der Waals surface area contributed by atoms with Crippen LogP contribution in [-0.2, 0) is 33.3 Å². The van der Waals surface area contributed by atoms with E-state index in [1.807, 2.05) is 66.7 Å². The molecule has 3 N–H and O–H groups in total. The predicted molar refractivity (Wildman–Crippen MR) is 267 cm³/mol. The molecule has 1 saturated heterocycles. The number of fused-ring (bicyclic) bond motifs is 8. The zero-order valence-corrected chi connectivity index (χ0v) is 42.6. The van der Waals surface area contributed by atoms with E-state index < -0.39 is 41.1 Å². The smallest absolute Gasteiger partial charge is 0.407 e. The first kappa shape index (κ1) is 51.7. The van der Waals surface area contributed by atoms with Gasteiger partial charge >= 0.3 is 18.0 Å². The standard InChI is InChI=1S/C53H69N7O10/c1-12-34-30(2)38-28-42-35(13-16-44(62)69-52(6,7)8)31(3)37(56-42)27-39-32(4)36(14-15-43(61)68-26-25-66-22-17-54-51(65)70-53(9,10)11)47(57-39)46-48-45(33(5)40(58-48)29-41(34)55-38)49(63)60(50(46)64)19-18-59-20-23-67-24-21-59/h13,16,27-29,32,36,56,58H,12,14-15,17-26H2,1-11H3,(H,54,65)/b16-13+,37-27?,38-28?,39-27?,40-29?,41-29?,42-28?,47-46?/t32-,36-/m0/s1. The molecule has 3 aromatic rings. The number of allylic oxidation sites excluding steroid dienone is 2. The highest BCUT2D eigenvalue weighted by atomic mass is 16.6. The molecule has 17 heteroatoms. The summed E-state index contributed by atoms with van der Waals surface area (Å²) in [5.74, 6) is -2.50. The largest absolute Gasteiger partial charge is 0.463 e. The van der Waals surface area contributed by atoms with Gasteiger partial charge in [-0.15, -0.1) is 0 Å². The fourth-order valence-electron chi connectivity index (χ4n) is 9.32. The van der Waals surface area contributed by atoms with E-state index in [-0.39, 0.29) is 63.1 Å². The van der Waals surface area contributed by atoms with Crippen LogP contribution in [0.2, 0.25) is 0 Å². The topological polar surface area (TPSA) is 207 Å². The van der Waals surface area contributed by atoms with Crippen LogP contribution in [0.25, 0.3) is 39.3 Å². The average Bonchev–Trinajstić information content (AvgIpc) is 3.96. The number of aryl methyl sites for hydroxylation is 2. The Morgan fingerprint density at radius 1 is 0.843 bits per heavy atom. The molecular formula is C53H69N7O10. The summed E-state index contributed by atoms with van der Waals surface area (Å²) in [6.45, 7) is 24.6. The fourth-order valence-corrected chi connectivity index (χ4v) is 9.32. The molecule has 3 amide bonds. The zero-order chi connectivity index (χ0) is 50.7. The number of aromatic amines is 2. The van der Waals surface area contributed by atoms with E-state index in [9.17, 15) is 19.2 Å². The van der Waals surface area contributed by atoms with Crippen molar-refractivity contribution < 1.29 is 47.7 Å². The normalized spacial score (nSPS) is 17.7. The second kappa shape index (κ2) is 21.4. The Hall–Kier alpha value is -6.17. The number of esters is 2. The summed E-state index contributed by atoms with van der Waals surface area (Å²) < 4.78 is 27.6. The highest BCUT2D eigenvalue weighted by Crippen LogP contribution is 2.44. The van der Waals surface area contributed by atoms with Crippen molar-refractivity contribution in [3.8, 4) is 0 Å². The molecule has 0 aliphatic carbocycles. The van der Waals surface area contributed by atoms with Crippen molar-refractivity contribution >= 4 is 69.1 Å². The third-order valence-electron chi connectivity index (χ3n) is 12.9. The number of amides is 3. The zero-order valence-electron chi connectivity index (χ0n) is 42.6. The van der Waals surface area contributed by atoms with E-state index in [0.717, 1.165) is 44.7 Å². The van der Waals surface area contributed by atoms with Crippen LogP contribution in [0.4, 0.5) is 4.79 Å². The summed E-state index contributed by atoms with van der Waals surface area (Å²) >= 11 is 0. The minimum absolute atomic E-state index is 0.00705. The van der Waals surface area contributed by atoms with Gasteiger partial charge in [0.15, 0.2) is 0 Å². The summed E-state index contributed by atoms with van der Waals surface area (Å²) in [5.41, 5.74) is 8.84. The van der Waals surface area contributed by atoms with E-state index in [1.165, 1.54) is 11.0 Å². The number of alkyl carbamates (subject to hydrolysis) is 1. The van der Waals surface area contributed by atoms with Crippen molar-refractivity contribution in [2.45, 2.75) is 118 Å². The number of H-pyrrole nitrogens is 2. The molecule has 0 spiro atoms. The lowest BCUT2D eigenvalue weighted by Crippen LogP contribution is -2.47. The summed E-state index contributed by atoms with van der Waals surface area (Å²) in [6.07, 6.45) is 3.63. The average molecular weight is 964 g/mol. The summed E-state index contributed by atoms with van der Waals surface area (Å²) in [7, 11) is 0. The maximum Gasteiger partial charge on any atom is 0.407 e. The molecule has 376 valence electrons. The monoisotopic (exact) mass is 964 g/mol. The van der Waals surface area contributed by atoms with Crippen molar-refractivity contribution in [1.29, 1.82) is 0 Å². The minimum Gasteiger partial charge on any atom is -0.463 e. The number of hydrogen-bond acceptors (Lipinski definition) is 13. The second-order valence-electron chi connectivity index (χ2n) is 20.3. The van der Waals surface area contributed by atoms with Gasteiger partial charge in [-0.1, -0.05) is 13.8 Å². The lowest BCUT2D eigenvalue weighted by Gasteiger charge is -2.31. The van der Waals surface area contributed by atoms with Crippen LogP contribution in [-0.4, -0.2) is 137 Å². The van der Waals surface area contributed by atoms with Crippen LogP contribution in [0.5, 0.6) is 0 Å². The number of rotatable bonds is 15. The van der Waals surface area contributed by atoms with Crippen LogP contribution in [0.3, 0.4) is 0 Å². The Morgan fingerprint density at radius 2 is 1.53 bits per heavy atom. The lowest BCUT2D eigenvalue weighted by molar-refractivity contribution is -0.148. The Balaban J connectivity index is 1.31. The van der Waals surface area contributed by atoms with Crippen molar-refractivity contribution in [2.24, 2.45) is 0 Å². The van der Waals surface area contributed by atoms with Crippen molar-refractivity contribution in [3.63, 3.8) is 0 Å². The van der Waals surface area contributed by atoms with Crippen molar-refractivity contribution in [2.75, 3.05) is 65.8 Å². The quantitative estimate of drug-likeness (QED) is 0.0431. The predicted octanol–water partition coefficient (Wildman–Crippen LogP) is 8.31. The number of nitrogens with one attached hydrogen (secondary N) is 3. The van der Waals surface area contributed by atoms with Crippen LogP contribution in [0.15, 0.2) is 24.3 Å². The third kappa shape index (κ3) is 11.9. The summed E-state index contributed by atoms with van der Waals surface area (Å²) in [4.78, 5) is 89.3. The molecule has 4 aliphatic rings. The maximum atomic E-state index is 15.2. The van der Waals surface area contributed by atoms with Crippen LogP contribution in [0, 0.1) is 13.8 Å². The molecule has 1 fully saturated rings. The molecule has 4 aliphatic heterocycles.